The van der Waals surface area contributed by atoms with Gasteiger partial charge in [-0.25, -0.2) is 0 Å². The predicted octanol–water partition coefficient (Wildman–Crippen LogP) is 2.29. The Labute approximate surface area is 75.2 Å². The fourth-order valence-corrected chi connectivity index (χ4v) is 2.03. The molecule has 72 valence electrons. The summed E-state index contributed by atoms with van der Waals surface area (Å²) in [5.41, 5.74) is 0. The normalized spacial score (nSPS) is 36.2. The first kappa shape index (κ1) is 10.0. The highest BCUT2D eigenvalue weighted by Crippen LogP contribution is 2.33. The Morgan fingerprint density at radius 1 is 1.50 bits per heavy atom. The summed E-state index contributed by atoms with van der Waals surface area (Å²) in [6.07, 6.45) is 0.0463. The maximum absolute atomic E-state index is 5.56. The van der Waals surface area contributed by atoms with Gasteiger partial charge in [-0.05, 0) is 18.8 Å². The molecule has 0 amide bonds. The van der Waals surface area contributed by atoms with Crippen LogP contribution in [0.3, 0.4) is 0 Å². The first-order valence-corrected chi connectivity index (χ1v) is 4.90. The summed E-state index contributed by atoms with van der Waals surface area (Å²) < 4.78 is 11.1. The van der Waals surface area contributed by atoms with Crippen molar-refractivity contribution < 1.29 is 9.47 Å². The van der Waals surface area contributed by atoms with Crippen molar-refractivity contribution in [2.24, 2.45) is 17.8 Å². The average molecular weight is 172 g/mol. The van der Waals surface area contributed by atoms with Crippen molar-refractivity contribution in [3.8, 4) is 0 Å². The molecule has 3 atom stereocenters. The minimum Gasteiger partial charge on any atom is -0.353 e. The second kappa shape index (κ2) is 4.24. The van der Waals surface area contributed by atoms with Gasteiger partial charge in [0.25, 0.3) is 0 Å². The highest BCUT2D eigenvalue weighted by atomic mass is 16.7. The molecule has 1 heterocycles. The van der Waals surface area contributed by atoms with Gasteiger partial charge in [-0.3, -0.25) is 0 Å². The van der Waals surface area contributed by atoms with E-state index in [0.717, 1.165) is 13.2 Å². The van der Waals surface area contributed by atoms with Crippen LogP contribution in [0.1, 0.15) is 27.7 Å². The molecular weight excluding hydrogens is 152 g/mol. The molecule has 0 radical (unpaired) electrons. The van der Waals surface area contributed by atoms with Gasteiger partial charge in [0, 0.05) is 12.5 Å². The fraction of sp³-hybridized carbons (Fsp3) is 1.00. The van der Waals surface area contributed by atoms with Crippen LogP contribution >= 0.6 is 0 Å². The largest absolute Gasteiger partial charge is 0.353 e. The Morgan fingerprint density at radius 3 is 2.67 bits per heavy atom. The van der Waals surface area contributed by atoms with Gasteiger partial charge in [-0.1, -0.05) is 20.8 Å². The van der Waals surface area contributed by atoms with Gasteiger partial charge >= 0.3 is 0 Å². The Balaban J connectivity index is 2.51. The first-order chi connectivity index (χ1) is 5.66. The van der Waals surface area contributed by atoms with Crippen molar-refractivity contribution in [1.29, 1.82) is 0 Å². The maximum Gasteiger partial charge on any atom is 0.160 e. The molecule has 0 aromatic carbocycles. The van der Waals surface area contributed by atoms with E-state index in [9.17, 15) is 0 Å². The zero-order valence-electron chi connectivity index (χ0n) is 8.54. The molecule has 0 aliphatic carbocycles. The highest BCUT2D eigenvalue weighted by Gasteiger charge is 2.36. The molecule has 12 heavy (non-hydrogen) atoms. The molecule has 1 aliphatic heterocycles. The van der Waals surface area contributed by atoms with Crippen LogP contribution < -0.4 is 0 Å². The molecule has 2 heteroatoms. The van der Waals surface area contributed by atoms with E-state index in [2.05, 4.69) is 20.8 Å². The van der Waals surface area contributed by atoms with E-state index < -0.39 is 0 Å². The van der Waals surface area contributed by atoms with Crippen LogP contribution in [0, 0.1) is 17.8 Å². The maximum atomic E-state index is 5.56. The molecule has 0 aromatic rings. The number of hydrogen-bond donors (Lipinski definition) is 0. The van der Waals surface area contributed by atoms with E-state index in [1.807, 2.05) is 6.92 Å². The van der Waals surface area contributed by atoms with Crippen molar-refractivity contribution in [3.63, 3.8) is 0 Å². The summed E-state index contributed by atoms with van der Waals surface area (Å²) in [5.74, 6) is 1.87. The second-order valence-corrected chi connectivity index (χ2v) is 3.96. The number of ether oxygens (including phenoxy) is 2. The fourth-order valence-electron chi connectivity index (χ4n) is 2.03. The van der Waals surface area contributed by atoms with Gasteiger partial charge < -0.3 is 9.47 Å². The molecule has 0 spiro atoms. The Hall–Kier alpha value is -0.0800. The van der Waals surface area contributed by atoms with Crippen LogP contribution in [0.25, 0.3) is 0 Å². The van der Waals surface area contributed by atoms with Gasteiger partial charge in [-0.2, -0.15) is 0 Å². The lowest BCUT2D eigenvalue weighted by molar-refractivity contribution is -0.134. The molecule has 1 saturated heterocycles. The number of hydrogen-bond acceptors (Lipinski definition) is 2. The monoisotopic (exact) mass is 172 g/mol. The molecule has 2 nitrogen and oxygen atoms in total. The van der Waals surface area contributed by atoms with Crippen LogP contribution in [-0.2, 0) is 9.47 Å². The minimum absolute atomic E-state index is 0.0463. The number of rotatable bonds is 3. The SMILES string of the molecule is CCO[C@@H]1OC[C@H](C)[C@@H]1C(C)C. The summed E-state index contributed by atoms with van der Waals surface area (Å²) in [5, 5.41) is 0. The lowest BCUT2D eigenvalue weighted by Gasteiger charge is -2.23. The van der Waals surface area contributed by atoms with Crippen molar-refractivity contribution in [1.82, 2.24) is 0 Å². The highest BCUT2D eigenvalue weighted by molar-refractivity contribution is 4.78. The van der Waals surface area contributed by atoms with Crippen LogP contribution in [0.2, 0.25) is 0 Å². The zero-order valence-corrected chi connectivity index (χ0v) is 8.54. The Bertz CT molecular complexity index is 132. The topological polar surface area (TPSA) is 18.5 Å². The summed E-state index contributed by atoms with van der Waals surface area (Å²) >= 11 is 0. The molecule has 1 fully saturated rings. The Morgan fingerprint density at radius 2 is 2.17 bits per heavy atom. The predicted molar refractivity (Wildman–Crippen MR) is 48.9 cm³/mol. The summed E-state index contributed by atoms with van der Waals surface area (Å²) in [4.78, 5) is 0. The molecular formula is C10H20O2. The van der Waals surface area contributed by atoms with E-state index in [4.69, 9.17) is 9.47 Å². The van der Waals surface area contributed by atoms with Crippen LogP contribution in [0.5, 0.6) is 0 Å². The van der Waals surface area contributed by atoms with Gasteiger partial charge in [-0.15, -0.1) is 0 Å². The lowest BCUT2D eigenvalue weighted by Crippen LogP contribution is -2.26. The third-order valence-electron chi connectivity index (χ3n) is 2.60. The van der Waals surface area contributed by atoms with Gasteiger partial charge in [0.2, 0.25) is 0 Å². The van der Waals surface area contributed by atoms with E-state index in [0.29, 0.717) is 17.8 Å². The van der Waals surface area contributed by atoms with E-state index >= 15 is 0 Å². The van der Waals surface area contributed by atoms with Crippen molar-refractivity contribution in [3.05, 3.63) is 0 Å². The third kappa shape index (κ3) is 1.99. The molecule has 0 bridgehead atoms. The van der Waals surface area contributed by atoms with E-state index in [1.165, 1.54) is 0 Å². The quantitative estimate of drug-likeness (QED) is 0.650. The van der Waals surface area contributed by atoms with E-state index in [1.54, 1.807) is 0 Å². The van der Waals surface area contributed by atoms with Crippen LogP contribution in [-0.4, -0.2) is 19.5 Å². The molecule has 1 aliphatic rings. The molecule has 0 aromatic heterocycles. The van der Waals surface area contributed by atoms with Crippen LogP contribution in [0.4, 0.5) is 0 Å². The summed E-state index contributed by atoms with van der Waals surface area (Å²) in [6, 6.07) is 0. The van der Waals surface area contributed by atoms with Crippen LogP contribution in [0.15, 0.2) is 0 Å². The van der Waals surface area contributed by atoms with Gasteiger partial charge in [0.1, 0.15) is 0 Å². The zero-order chi connectivity index (χ0) is 9.14. The van der Waals surface area contributed by atoms with E-state index in [-0.39, 0.29) is 6.29 Å². The second-order valence-electron chi connectivity index (χ2n) is 3.96. The lowest BCUT2D eigenvalue weighted by atomic mass is 9.86. The van der Waals surface area contributed by atoms with Gasteiger partial charge in [0.05, 0.1) is 6.61 Å². The van der Waals surface area contributed by atoms with Crippen molar-refractivity contribution in [2.75, 3.05) is 13.2 Å². The standard InChI is InChI=1S/C10H20O2/c1-5-11-10-9(7(2)3)8(4)6-12-10/h7-10H,5-6H2,1-4H3/t8-,9-,10+/m0/s1. The Kier molecular flexibility index (Phi) is 3.53. The summed E-state index contributed by atoms with van der Waals surface area (Å²) in [6.45, 7) is 10.3. The minimum atomic E-state index is 0.0463. The average Bonchev–Trinajstić information content (AvgIpc) is 2.32. The summed E-state index contributed by atoms with van der Waals surface area (Å²) in [7, 11) is 0. The molecule has 0 saturated carbocycles. The van der Waals surface area contributed by atoms with Crippen molar-refractivity contribution in [2.45, 2.75) is 34.0 Å². The third-order valence-corrected chi connectivity index (χ3v) is 2.60. The molecule has 0 N–H and O–H groups in total. The smallest absolute Gasteiger partial charge is 0.160 e. The molecule has 1 rings (SSSR count). The van der Waals surface area contributed by atoms with Crippen molar-refractivity contribution >= 4 is 0 Å². The molecule has 0 unspecified atom stereocenters. The first-order valence-electron chi connectivity index (χ1n) is 4.90. The van der Waals surface area contributed by atoms with Gasteiger partial charge in [0.15, 0.2) is 6.29 Å².